The Morgan fingerprint density at radius 1 is 1.15 bits per heavy atom. The van der Waals surface area contributed by atoms with Crippen molar-refractivity contribution in [3.63, 3.8) is 0 Å². The number of sulfonamides is 1. The summed E-state index contributed by atoms with van der Waals surface area (Å²) in [5, 5.41) is 0. The molecule has 6 nitrogen and oxygen atoms in total. The Hall–Kier alpha value is -2.29. The Kier molecular flexibility index (Phi) is 5.88. The van der Waals surface area contributed by atoms with Crippen molar-refractivity contribution in [1.29, 1.82) is 0 Å². The molecule has 0 bridgehead atoms. The van der Waals surface area contributed by atoms with E-state index in [1.165, 1.54) is 33.5 Å². The largest absolute Gasteiger partial charge is 0.379 e. The van der Waals surface area contributed by atoms with Gasteiger partial charge in [0, 0.05) is 37.8 Å². The van der Waals surface area contributed by atoms with E-state index in [1.807, 2.05) is 0 Å². The van der Waals surface area contributed by atoms with Crippen LogP contribution in [0.5, 0.6) is 0 Å². The number of nitrogens with zero attached hydrogens (tertiary/aromatic N) is 2. The highest BCUT2D eigenvalue weighted by Gasteiger charge is 2.27. The molecule has 144 valence electrons. The maximum absolute atomic E-state index is 13.8. The standard InChI is InChI=1S/C19H21FN2O4S/c1-21(14-16-5-2-3-8-18(16)20)19(23)15-6-4-7-17(13-15)27(24,25)22-9-11-26-12-10-22/h2-8,13H,9-12,14H2,1H3. The average molecular weight is 392 g/mol. The molecule has 0 radical (unpaired) electrons. The van der Waals surface area contributed by atoms with Gasteiger partial charge in [0.15, 0.2) is 0 Å². The van der Waals surface area contributed by atoms with Gasteiger partial charge in [-0.3, -0.25) is 4.79 Å². The van der Waals surface area contributed by atoms with Gasteiger partial charge in [-0.15, -0.1) is 0 Å². The molecule has 1 amide bonds. The predicted octanol–water partition coefficient (Wildman–Crippen LogP) is 2.12. The van der Waals surface area contributed by atoms with Crippen molar-refractivity contribution >= 4 is 15.9 Å². The minimum Gasteiger partial charge on any atom is -0.379 e. The minimum atomic E-state index is -3.69. The third-order valence-electron chi connectivity index (χ3n) is 4.40. The van der Waals surface area contributed by atoms with Gasteiger partial charge in [0.2, 0.25) is 10.0 Å². The van der Waals surface area contributed by atoms with Gasteiger partial charge in [0.25, 0.3) is 5.91 Å². The van der Waals surface area contributed by atoms with Crippen LogP contribution in [-0.4, -0.2) is 56.9 Å². The van der Waals surface area contributed by atoms with E-state index in [9.17, 15) is 17.6 Å². The Balaban J connectivity index is 1.80. The summed E-state index contributed by atoms with van der Waals surface area (Å²) in [7, 11) is -2.13. The summed E-state index contributed by atoms with van der Waals surface area (Å²) < 4.78 is 45.9. The fourth-order valence-corrected chi connectivity index (χ4v) is 4.35. The smallest absolute Gasteiger partial charge is 0.253 e. The molecule has 27 heavy (non-hydrogen) atoms. The lowest BCUT2D eigenvalue weighted by Gasteiger charge is -2.26. The first-order valence-electron chi connectivity index (χ1n) is 8.56. The SMILES string of the molecule is CN(Cc1ccccc1F)C(=O)c1cccc(S(=O)(=O)N2CCOCC2)c1. The summed E-state index contributed by atoms with van der Waals surface area (Å²) in [6.07, 6.45) is 0. The van der Waals surface area contributed by atoms with Gasteiger partial charge < -0.3 is 9.64 Å². The van der Waals surface area contributed by atoms with E-state index < -0.39 is 10.0 Å². The molecule has 1 saturated heterocycles. The number of halogens is 1. The minimum absolute atomic E-state index is 0.0644. The monoisotopic (exact) mass is 392 g/mol. The highest BCUT2D eigenvalue weighted by Crippen LogP contribution is 2.19. The molecule has 0 atom stereocenters. The van der Waals surface area contributed by atoms with E-state index in [0.717, 1.165) is 0 Å². The molecule has 0 N–H and O–H groups in total. The number of amides is 1. The maximum atomic E-state index is 13.8. The summed E-state index contributed by atoms with van der Waals surface area (Å²) in [6, 6.07) is 12.2. The summed E-state index contributed by atoms with van der Waals surface area (Å²) in [5.74, 6) is -0.766. The Labute approximate surface area is 158 Å². The Morgan fingerprint density at radius 2 is 1.85 bits per heavy atom. The number of carbonyl (C=O) groups is 1. The second-order valence-corrected chi connectivity index (χ2v) is 8.23. The lowest BCUT2D eigenvalue weighted by Crippen LogP contribution is -2.40. The molecule has 1 aliphatic heterocycles. The van der Waals surface area contributed by atoms with Crippen LogP contribution < -0.4 is 0 Å². The fourth-order valence-electron chi connectivity index (χ4n) is 2.90. The molecule has 2 aromatic carbocycles. The van der Waals surface area contributed by atoms with Crippen LogP contribution in [0.1, 0.15) is 15.9 Å². The number of carbonyl (C=O) groups excluding carboxylic acids is 1. The lowest BCUT2D eigenvalue weighted by molar-refractivity contribution is 0.0730. The van der Waals surface area contributed by atoms with Crippen molar-refractivity contribution in [3.05, 3.63) is 65.5 Å². The highest BCUT2D eigenvalue weighted by molar-refractivity contribution is 7.89. The molecular weight excluding hydrogens is 371 g/mol. The lowest BCUT2D eigenvalue weighted by atomic mass is 10.1. The van der Waals surface area contributed by atoms with Crippen LogP contribution >= 0.6 is 0 Å². The summed E-state index contributed by atoms with van der Waals surface area (Å²) >= 11 is 0. The molecule has 0 aliphatic carbocycles. The highest BCUT2D eigenvalue weighted by atomic mass is 32.2. The van der Waals surface area contributed by atoms with E-state index in [4.69, 9.17) is 4.74 Å². The number of rotatable bonds is 5. The molecule has 0 aromatic heterocycles. The molecule has 0 saturated carbocycles. The van der Waals surface area contributed by atoms with Gasteiger partial charge in [0.05, 0.1) is 18.1 Å². The van der Waals surface area contributed by atoms with Crippen LogP contribution in [0.2, 0.25) is 0 Å². The first kappa shape index (κ1) is 19.5. The topological polar surface area (TPSA) is 66.9 Å². The quantitative estimate of drug-likeness (QED) is 0.782. The van der Waals surface area contributed by atoms with E-state index >= 15 is 0 Å². The van der Waals surface area contributed by atoms with Gasteiger partial charge in [-0.25, -0.2) is 12.8 Å². The molecule has 3 rings (SSSR count). The van der Waals surface area contributed by atoms with Crippen molar-refractivity contribution in [3.8, 4) is 0 Å². The first-order valence-corrected chi connectivity index (χ1v) is 10.0. The van der Waals surface area contributed by atoms with Crippen molar-refractivity contribution in [2.45, 2.75) is 11.4 Å². The van der Waals surface area contributed by atoms with Crippen LogP contribution in [-0.2, 0) is 21.3 Å². The van der Waals surface area contributed by atoms with Crippen LogP contribution in [0.3, 0.4) is 0 Å². The molecule has 1 heterocycles. The average Bonchev–Trinajstić information content (AvgIpc) is 2.70. The predicted molar refractivity (Wildman–Crippen MR) is 98.2 cm³/mol. The fraction of sp³-hybridized carbons (Fsp3) is 0.316. The molecule has 1 fully saturated rings. The van der Waals surface area contributed by atoms with Gasteiger partial charge in [-0.2, -0.15) is 4.31 Å². The zero-order valence-electron chi connectivity index (χ0n) is 15.0. The van der Waals surface area contributed by atoms with Gasteiger partial charge in [0.1, 0.15) is 5.82 Å². The number of hydrogen-bond donors (Lipinski definition) is 0. The Morgan fingerprint density at radius 3 is 2.56 bits per heavy atom. The van der Waals surface area contributed by atoms with Gasteiger partial charge in [-0.05, 0) is 24.3 Å². The number of ether oxygens (including phenoxy) is 1. The summed E-state index contributed by atoms with van der Waals surface area (Å²) in [4.78, 5) is 14.1. The van der Waals surface area contributed by atoms with Crippen molar-refractivity contribution in [2.75, 3.05) is 33.4 Å². The zero-order chi connectivity index (χ0) is 19.4. The van der Waals surface area contributed by atoms with Crippen molar-refractivity contribution in [1.82, 2.24) is 9.21 Å². The number of benzene rings is 2. The van der Waals surface area contributed by atoms with E-state index in [0.29, 0.717) is 18.8 Å². The van der Waals surface area contributed by atoms with Crippen LogP contribution in [0.15, 0.2) is 53.4 Å². The molecule has 1 aliphatic rings. The van der Waals surface area contributed by atoms with E-state index in [2.05, 4.69) is 0 Å². The summed E-state index contributed by atoms with van der Waals surface area (Å²) in [6.45, 7) is 1.36. The number of hydrogen-bond acceptors (Lipinski definition) is 4. The van der Waals surface area contributed by atoms with Crippen LogP contribution in [0, 0.1) is 5.82 Å². The van der Waals surface area contributed by atoms with Crippen molar-refractivity contribution < 1.29 is 22.3 Å². The number of morpholine rings is 1. The normalized spacial score (nSPS) is 15.5. The molecule has 2 aromatic rings. The molecule has 0 unspecified atom stereocenters. The Bertz CT molecular complexity index is 927. The molecule has 0 spiro atoms. The van der Waals surface area contributed by atoms with Crippen molar-refractivity contribution in [2.24, 2.45) is 0 Å². The van der Waals surface area contributed by atoms with Crippen LogP contribution in [0.25, 0.3) is 0 Å². The zero-order valence-corrected chi connectivity index (χ0v) is 15.8. The van der Waals surface area contributed by atoms with Gasteiger partial charge >= 0.3 is 0 Å². The molecule has 8 heteroatoms. The third-order valence-corrected chi connectivity index (χ3v) is 6.30. The maximum Gasteiger partial charge on any atom is 0.253 e. The summed E-state index contributed by atoms with van der Waals surface area (Å²) in [5.41, 5.74) is 0.633. The van der Waals surface area contributed by atoms with Gasteiger partial charge in [-0.1, -0.05) is 24.3 Å². The molecular formula is C19H21FN2O4S. The second-order valence-electron chi connectivity index (χ2n) is 6.30. The van der Waals surface area contributed by atoms with Crippen LogP contribution in [0.4, 0.5) is 4.39 Å². The third kappa shape index (κ3) is 4.35. The second kappa shape index (κ2) is 8.16. The van der Waals surface area contributed by atoms with E-state index in [-0.39, 0.29) is 41.8 Å². The first-order chi connectivity index (χ1) is 12.9. The van der Waals surface area contributed by atoms with E-state index in [1.54, 1.807) is 31.3 Å².